The molecule has 0 aromatic rings. The smallest absolute Gasteiger partial charge is 0.541 e. The van der Waals surface area contributed by atoms with E-state index in [1.807, 2.05) is 45.9 Å². The first-order valence-corrected chi connectivity index (χ1v) is 20.4. The van der Waals surface area contributed by atoms with Crippen LogP contribution in [-0.4, -0.2) is 48.4 Å². The van der Waals surface area contributed by atoms with Crippen molar-refractivity contribution >= 4 is 31.2 Å². The van der Waals surface area contributed by atoms with Crippen LogP contribution in [0.15, 0.2) is 59.4 Å². The van der Waals surface area contributed by atoms with Gasteiger partial charge in [-0.25, -0.2) is 0 Å². The van der Waals surface area contributed by atoms with E-state index in [0.717, 1.165) is 76.8 Å². The van der Waals surface area contributed by atoms with Gasteiger partial charge in [-0.1, -0.05) is 55.9 Å². The molecule has 1 N–H and O–H groups in total. The van der Waals surface area contributed by atoms with Gasteiger partial charge >= 0.3 is 19.6 Å². The van der Waals surface area contributed by atoms with Crippen LogP contribution in [-0.2, 0) is 33.3 Å². The van der Waals surface area contributed by atoms with E-state index in [4.69, 9.17) is 19.2 Å². The number of carbonyl (C=O) groups is 4. The zero-order valence-electron chi connectivity index (χ0n) is 33.6. The number of unbranched alkanes of at least 4 members (excludes halogenated alkanes) is 2. The minimum Gasteiger partial charge on any atom is -0.541 e. The molecule has 295 valence electrons. The lowest BCUT2D eigenvalue weighted by molar-refractivity contribution is -0.148. The molecule has 0 spiro atoms. The van der Waals surface area contributed by atoms with Crippen molar-refractivity contribution < 1.29 is 38.3 Å². The van der Waals surface area contributed by atoms with Crippen LogP contribution in [0.5, 0.6) is 0 Å². The second kappa shape index (κ2) is 26.6. The van der Waals surface area contributed by atoms with E-state index < -0.39 is 0 Å². The van der Waals surface area contributed by atoms with Crippen LogP contribution in [0.3, 0.4) is 0 Å². The van der Waals surface area contributed by atoms with Crippen molar-refractivity contribution in [2.45, 2.75) is 169 Å². The Morgan fingerprint density at radius 2 is 1.43 bits per heavy atom. The maximum atomic E-state index is 12.4. The largest absolute Gasteiger partial charge is 0.569 e. The van der Waals surface area contributed by atoms with Crippen LogP contribution in [0.1, 0.15) is 157 Å². The molecule has 4 atom stereocenters. The Labute approximate surface area is 321 Å². The first kappa shape index (κ1) is 46.0. The van der Waals surface area contributed by atoms with Crippen molar-refractivity contribution in [3.05, 3.63) is 59.4 Å². The fourth-order valence-electron chi connectivity index (χ4n) is 7.41. The van der Waals surface area contributed by atoms with Crippen LogP contribution >= 0.6 is 0 Å². The molecule has 4 aliphatic carbocycles. The van der Waals surface area contributed by atoms with Gasteiger partial charge in [-0.3, -0.25) is 19.2 Å². The van der Waals surface area contributed by atoms with Gasteiger partial charge < -0.3 is 19.2 Å². The molecule has 0 heterocycles. The average Bonchev–Trinajstić information content (AvgIpc) is 3.59. The Hall–Kier alpha value is -3.20. The molecule has 0 amide bonds. The molecular weight excluding hydrogens is 667 g/mol. The van der Waals surface area contributed by atoms with Gasteiger partial charge in [0.1, 0.15) is 5.78 Å². The van der Waals surface area contributed by atoms with E-state index in [9.17, 15) is 19.2 Å². The predicted molar refractivity (Wildman–Crippen MR) is 212 cm³/mol. The van der Waals surface area contributed by atoms with Gasteiger partial charge in [0.25, 0.3) is 0 Å². The number of Topliss-reactive ketones (excluding diaryl/α,β-unsaturated/α-hetero) is 2. The van der Waals surface area contributed by atoms with Crippen LogP contribution in [0.25, 0.3) is 0 Å². The summed E-state index contributed by atoms with van der Waals surface area (Å²) in [5, 5.41) is 8.23. The van der Waals surface area contributed by atoms with E-state index in [1.54, 1.807) is 5.57 Å². The second-order valence-corrected chi connectivity index (χ2v) is 15.5. The van der Waals surface area contributed by atoms with E-state index in [0.29, 0.717) is 42.8 Å². The van der Waals surface area contributed by atoms with E-state index in [2.05, 4.69) is 38.2 Å². The molecule has 1 saturated carbocycles. The highest BCUT2D eigenvalue weighted by molar-refractivity contribution is 6.16. The molecule has 0 aliphatic heterocycles. The van der Waals surface area contributed by atoms with Gasteiger partial charge in [-0.2, -0.15) is 0 Å². The molecule has 8 nitrogen and oxygen atoms in total. The number of hydrogen-bond donors (Lipinski definition) is 1. The summed E-state index contributed by atoms with van der Waals surface area (Å²) in [5.41, 5.74) is 2.47. The first-order chi connectivity index (χ1) is 25.4. The molecule has 0 unspecified atom stereocenters. The van der Waals surface area contributed by atoms with Crippen molar-refractivity contribution in [2.24, 2.45) is 23.7 Å². The summed E-state index contributed by atoms with van der Waals surface area (Å²) in [7, 11) is 0.747. The molecule has 9 heteroatoms. The lowest BCUT2D eigenvalue weighted by atomic mass is 9.78. The second-order valence-electron chi connectivity index (χ2n) is 15.5. The van der Waals surface area contributed by atoms with Crippen molar-refractivity contribution in [1.29, 1.82) is 0 Å². The quantitative estimate of drug-likeness (QED) is 0.0679. The van der Waals surface area contributed by atoms with Crippen LogP contribution < -0.4 is 0 Å². The Morgan fingerprint density at radius 3 is 1.94 bits per heavy atom. The molecular formula is C44H68BO8. The topological polar surface area (TPSA) is 116 Å². The summed E-state index contributed by atoms with van der Waals surface area (Å²) in [4.78, 5) is 46.7. The molecule has 0 aromatic heterocycles. The molecule has 4 rings (SSSR count). The van der Waals surface area contributed by atoms with Gasteiger partial charge in [0.15, 0.2) is 5.78 Å². The van der Waals surface area contributed by atoms with Gasteiger partial charge in [0, 0.05) is 38.0 Å². The van der Waals surface area contributed by atoms with Crippen LogP contribution in [0, 0.1) is 23.7 Å². The Morgan fingerprint density at radius 1 is 0.830 bits per heavy atom. The Bertz CT molecular complexity index is 1290. The minimum absolute atomic E-state index is 0.0367. The van der Waals surface area contributed by atoms with Crippen molar-refractivity contribution in [1.82, 2.24) is 0 Å². The molecule has 0 aromatic carbocycles. The summed E-state index contributed by atoms with van der Waals surface area (Å²) < 4.78 is 15.0. The highest BCUT2D eigenvalue weighted by atomic mass is 16.5. The highest BCUT2D eigenvalue weighted by Gasteiger charge is 2.41. The number of ketones is 2. The average molecular weight is 736 g/mol. The third-order valence-corrected chi connectivity index (χ3v) is 9.84. The zero-order chi connectivity index (χ0) is 39.0. The van der Waals surface area contributed by atoms with Gasteiger partial charge in [0.2, 0.25) is 0 Å². The summed E-state index contributed by atoms with van der Waals surface area (Å²) >= 11 is 0. The molecule has 0 bridgehead atoms. The van der Waals surface area contributed by atoms with Gasteiger partial charge in [-0.15, -0.1) is 0 Å². The summed E-state index contributed by atoms with van der Waals surface area (Å²) in [6, 6.07) is 0. The lowest BCUT2D eigenvalue weighted by Gasteiger charge is -2.26. The summed E-state index contributed by atoms with van der Waals surface area (Å²) in [6.07, 6.45) is 31.4. The van der Waals surface area contributed by atoms with Gasteiger partial charge in [-0.05, 0) is 141 Å². The first-order valence-electron chi connectivity index (χ1n) is 20.4. The van der Waals surface area contributed by atoms with Crippen molar-refractivity contribution in [3.63, 3.8) is 0 Å². The molecule has 53 heavy (non-hydrogen) atoms. The lowest BCUT2D eigenvalue weighted by Crippen LogP contribution is -2.19. The monoisotopic (exact) mass is 736 g/mol. The van der Waals surface area contributed by atoms with E-state index in [-0.39, 0.29) is 35.8 Å². The highest BCUT2D eigenvalue weighted by Crippen LogP contribution is 2.44. The van der Waals surface area contributed by atoms with E-state index in [1.165, 1.54) is 38.5 Å². The fraction of sp³-hybridized carbons (Fsp3) is 0.682. The SMILES string of the molecule is CC(C)OC(=O)CCC/C=C\CC1=C[C@H](C)CC1=O.CC(C)OC(=O)CCC/C=C\C[C@H]1C(=O)C[C@@H](C)[C@@H]1C1=CCCCC1.O[B]OC1=CCCCC1. The molecule has 1 fully saturated rings. The van der Waals surface area contributed by atoms with E-state index >= 15 is 0 Å². The number of rotatable bonds is 17. The fourth-order valence-corrected chi connectivity index (χ4v) is 7.41. The Kier molecular flexibility index (Phi) is 23.0. The number of hydrogen-bond acceptors (Lipinski definition) is 8. The minimum atomic E-state index is -0.133. The maximum absolute atomic E-state index is 12.4. The van der Waals surface area contributed by atoms with Gasteiger partial charge in [0.05, 0.1) is 18.0 Å². The molecule has 4 aliphatic rings. The number of allylic oxidation sites excluding steroid dienone is 10. The molecule has 1 radical (unpaired) electrons. The Balaban J connectivity index is 0.000000305. The predicted octanol–water partition coefficient (Wildman–Crippen LogP) is 9.97. The summed E-state index contributed by atoms with van der Waals surface area (Å²) in [5.74, 6) is 2.87. The standard InChI is InChI=1S/C22H34O3.C16H24O3.C6H10BO2/c1-16(2)25-21(24)14-10-5-4-9-13-19-20(23)15-17(3)22(19)18-11-7-6-8-12-18;1-12(2)19-16(18)9-7-5-4-6-8-14-10-13(3)11-15(14)17;8-7-9-6-4-2-1-3-5-6/h4,9,11,16-17,19,22H,5-8,10,12-15H2,1-3H3;4,6,10,12-13H,5,7-9,11H2,1-3H3;4,8H,1-3,5H2/b9-4-;6-4-;/t17-,19+,22-;13-;/m10./s1. The number of ether oxygens (including phenoxy) is 2. The number of esters is 2. The summed E-state index contributed by atoms with van der Waals surface area (Å²) in [6.45, 7) is 11.7. The van der Waals surface area contributed by atoms with Crippen molar-refractivity contribution in [2.75, 3.05) is 0 Å². The normalized spacial score (nSPS) is 22.8. The zero-order valence-corrected chi connectivity index (χ0v) is 33.6. The van der Waals surface area contributed by atoms with Crippen LogP contribution in [0.4, 0.5) is 0 Å². The van der Waals surface area contributed by atoms with Crippen LogP contribution in [0.2, 0.25) is 0 Å². The third kappa shape index (κ3) is 19.6. The maximum Gasteiger partial charge on any atom is 0.569 e. The number of carbonyl (C=O) groups excluding carboxylic acids is 4. The van der Waals surface area contributed by atoms with Crippen molar-refractivity contribution in [3.8, 4) is 0 Å². The molecule has 0 saturated heterocycles. The third-order valence-electron chi connectivity index (χ3n) is 9.84.